The largest absolute Gasteiger partial charge is 0.494 e. The Morgan fingerprint density at radius 2 is 2.14 bits per heavy atom. The molecular formula is C17H27N3O. The molecule has 0 bridgehead atoms. The summed E-state index contributed by atoms with van der Waals surface area (Å²) in [4.78, 5) is 4.80. The molecule has 0 spiro atoms. The maximum Gasteiger partial charge on any atom is 0.121 e. The van der Waals surface area contributed by atoms with Crippen molar-refractivity contribution in [3.63, 3.8) is 0 Å². The second kappa shape index (κ2) is 7.46. The van der Waals surface area contributed by atoms with Gasteiger partial charge in [0, 0.05) is 19.0 Å². The Balaban J connectivity index is 2.34. The molecule has 0 radical (unpaired) electrons. The van der Waals surface area contributed by atoms with E-state index < -0.39 is 0 Å². The highest BCUT2D eigenvalue weighted by Crippen LogP contribution is 2.23. The van der Waals surface area contributed by atoms with Crippen LogP contribution in [0.1, 0.15) is 39.4 Å². The summed E-state index contributed by atoms with van der Waals surface area (Å²) >= 11 is 0. The molecule has 116 valence electrons. The van der Waals surface area contributed by atoms with Gasteiger partial charge < -0.3 is 15.0 Å². The van der Waals surface area contributed by atoms with Gasteiger partial charge in [-0.1, -0.05) is 13.8 Å². The Hall–Kier alpha value is -1.55. The van der Waals surface area contributed by atoms with E-state index in [0.717, 1.165) is 42.9 Å². The van der Waals surface area contributed by atoms with Gasteiger partial charge in [0.1, 0.15) is 11.6 Å². The van der Waals surface area contributed by atoms with Crippen molar-refractivity contribution in [3.8, 4) is 5.75 Å². The molecule has 0 saturated carbocycles. The lowest BCUT2D eigenvalue weighted by molar-refractivity contribution is 0.340. The number of ether oxygens (including phenoxy) is 1. The topological polar surface area (TPSA) is 53.1 Å². The molecule has 2 aromatic rings. The minimum atomic E-state index is 0.680. The van der Waals surface area contributed by atoms with E-state index in [0.29, 0.717) is 19.1 Å². The molecule has 0 fully saturated rings. The number of aromatic nitrogens is 2. The quantitative estimate of drug-likeness (QED) is 0.810. The van der Waals surface area contributed by atoms with Crippen molar-refractivity contribution >= 4 is 11.0 Å². The molecule has 0 saturated heterocycles. The molecule has 1 heterocycles. The van der Waals surface area contributed by atoms with E-state index in [1.54, 1.807) is 0 Å². The van der Waals surface area contributed by atoms with Gasteiger partial charge in [-0.2, -0.15) is 0 Å². The number of nitrogens with zero attached hydrogens (tertiary/aromatic N) is 2. The molecular weight excluding hydrogens is 262 g/mol. The molecule has 0 aliphatic carbocycles. The average molecular weight is 289 g/mol. The lowest BCUT2D eigenvalue weighted by Crippen LogP contribution is -2.08. The summed E-state index contributed by atoms with van der Waals surface area (Å²) in [7, 11) is 0. The predicted octanol–water partition coefficient (Wildman–Crippen LogP) is 3.37. The molecule has 21 heavy (non-hydrogen) atoms. The third-order valence-electron chi connectivity index (χ3n) is 3.64. The van der Waals surface area contributed by atoms with Gasteiger partial charge in [-0.25, -0.2) is 4.98 Å². The van der Waals surface area contributed by atoms with Crippen LogP contribution in [-0.4, -0.2) is 22.7 Å². The van der Waals surface area contributed by atoms with Gasteiger partial charge in [-0.3, -0.25) is 0 Å². The van der Waals surface area contributed by atoms with Crippen LogP contribution < -0.4 is 10.5 Å². The van der Waals surface area contributed by atoms with Crippen molar-refractivity contribution in [1.29, 1.82) is 0 Å². The lowest BCUT2D eigenvalue weighted by atomic mass is 10.1. The molecule has 0 atom stereocenters. The van der Waals surface area contributed by atoms with Gasteiger partial charge >= 0.3 is 0 Å². The van der Waals surface area contributed by atoms with E-state index in [1.165, 1.54) is 5.52 Å². The van der Waals surface area contributed by atoms with Gasteiger partial charge in [-0.15, -0.1) is 0 Å². The zero-order valence-corrected chi connectivity index (χ0v) is 13.4. The number of hydrogen-bond donors (Lipinski definition) is 1. The normalized spacial score (nSPS) is 11.5. The zero-order chi connectivity index (χ0) is 15.2. The minimum absolute atomic E-state index is 0.680. The molecule has 4 nitrogen and oxygen atoms in total. The van der Waals surface area contributed by atoms with Crippen LogP contribution in [0.4, 0.5) is 0 Å². The second-order valence-electron chi connectivity index (χ2n) is 5.84. The maximum atomic E-state index is 5.65. The molecule has 1 aromatic heterocycles. The first-order valence-corrected chi connectivity index (χ1v) is 7.97. The number of nitrogens with two attached hydrogens (primary N) is 1. The SMILES string of the molecule is CCOc1ccc2c(c1)nc(CCCN)n2CCC(C)C. The van der Waals surface area contributed by atoms with E-state index in [9.17, 15) is 0 Å². The van der Waals surface area contributed by atoms with Gasteiger partial charge in [-0.05, 0) is 44.4 Å². The first kappa shape index (κ1) is 15.8. The average Bonchev–Trinajstić information content (AvgIpc) is 2.80. The Kier molecular flexibility index (Phi) is 5.62. The van der Waals surface area contributed by atoms with E-state index in [1.807, 2.05) is 19.1 Å². The van der Waals surface area contributed by atoms with E-state index >= 15 is 0 Å². The number of hydrogen-bond acceptors (Lipinski definition) is 3. The summed E-state index contributed by atoms with van der Waals surface area (Å²) < 4.78 is 7.92. The van der Waals surface area contributed by atoms with Crippen LogP contribution in [0.15, 0.2) is 18.2 Å². The lowest BCUT2D eigenvalue weighted by Gasteiger charge is -2.11. The smallest absolute Gasteiger partial charge is 0.121 e. The minimum Gasteiger partial charge on any atom is -0.494 e. The summed E-state index contributed by atoms with van der Waals surface area (Å²) in [5.41, 5.74) is 7.87. The standard InChI is InChI=1S/C17H27N3O/c1-4-21-14-7-8-16-15(12-14)19-17(6-5-10-18)20(16)11-9-13(2)3/h7-8,12-13H,4-6,9-11,18H2,1-3H3. The first-order valence-electron chi connectivity index (χ1n) is 7.97. The molecule has 0 amide bonds. The van der Waals surface area contributed by atoms with E-state index in [4.69, 9.17) is 15.5 Å². The van der Waals surface area contributed by atoms with Crippen LogP contribution in [0, 0.1) is 5.92 Å². The Labute approximate surface area is 127 Å². The van der Waals surface area contributed by atoms with Crippen molar-refractivity contribution < 1.29 is 4.74 Å². The number of aryl methyl sites for hydroxylation is 2. The predicted molar refractivity (Wildman–Crippen MR) is 87.7 cm³/mol. The highest BCUT2D eigenvalue weighted by atomic mass is 16.5. The molecule has 0 aliphatic heterocycles. The van der Waals surface area contributed by atoms with Crippen molar-refractivity contribution in [3.05, 3.63) is 24.0 Å². The first-order chi connectivity index (χ1) is 10.2. The number of rotatable bonds is 8. The van der Waals surface area contributed by atoms with Gasteiger partial charge in [0.2, 0.25) is 0 Å². The summed E-state index contributed by atoms with van der Waals surface area (Å²) in [5.74, 6) is 2.72. The molecule has 2 N–H and O–H groups in total. The van der Waals surface area contributed by atoms with Gasteiger partial charge in [0.15, 0.2) is 0 Å². The highest BCUT2D eigenvalue weighted by molar-refractivity contribution is 5.77. The zero-order valence-electron chi connectivity index (χ0n) is 13.4. The molecule has 0 unspecified atom stereocenters. The van der Waals surface area contributed by atoms with Crippen LogP contribution in [0.2, 0.25) is 0 Å². The number of fused-ring (bicyclic) bond motifs is 1. The van der Waals surface area contributed by atoms with Crippen LogP contribution in [0.3, 0.4) is 0 Å². The number of benzene rings is 1. The molecule has 2 rings (SSSR count). The maximum absolute atomic E-state index is 5.65. The van der Waals surface area contributed by atoms with Crippen molar-refractivity contribution in [2.24, 2.45) is 11.7 Å². The molecule has 4 heteroatoms. The highest BCUT2D eigenvalue weighted by Gasteiger charge is 2.11. The third kappa shape index (κ3) is 3.97. The fourth-order valence-electron chi connectivity index (χ4n) is 2.50. The molecule has 1 aromatic carbocycles. The Morgan fingerprint density at radius 1 is 1.33 bits per heavy atom. The summed E-state index contributed by atoms with van der Waals surface area (Å²) in [6.45, 7) is 8.91. The van der Waals surface area contributed by atoms with E-state index in [2.05, 4.69) is 24.5 Å². The third-order valence-corrected chi connectivity index (χ3v) is 3.64. The summed E-state index contributed by atoms with van der Waals surface area (Å²) in [6, 6.07) is 6.20. The van der Waals surface area contributed by atoms with Crippen LogP contribution >= 0.6 is 0 Å². The van der Waals surface area contributed by atoms with Crippen LogP contribution in [-0.2, 0) is 13.0 Å². The monoisotopic (exact) mass is 289 g/mol. The fraction of sp³-hybridized carbons (Fsp3) is 0.588. The van der Waals surface area contributed by atoms with Gasteiger partial charge in [0.05, 0.1) is 17.6 Å². The summed E-state index contributed by atoms with van der Waals surface area (Å²) in [6.07, 6.45) is 3.07. The molecule has 0 aliphatic rings. The van der Waals surface area contributed by atoms with Crippen LogP contribution in [0.25, 0.3) is 11.0 Å². The summed E-state index contributed by atoms with van der Waals surface area (Å²) in [5, 5.41) is 0. The fourth-order valence-corrected chi connectivity index (χ4v) is 2.50. The Morgan fingerprint density at radius 3 is 2.81 bits per heavy atom. The number of imidazole rings is 1. The second-order valence-corrected chi connectivity index (χ2v) is 5.84. The van der Waals surface area contributed by atoms with Crippen molar-refractivity contribution in [2.75, 3.05) is 13.2 Å². The Bertz CT molecular complexity index is 575. The van der Waals surface area contributed by atoms with Crippen LogP contribution in [0.5, 0.6) is 5.75 Å². The van der Waals surface area contributed by atoms with E-state index in [-0.39, 0.29) is 0 Å². The van der Waals surface area contributed by atoms with Crippen molar-refractivity contribution in [1.82, 2.24) is 9.55 Å². The van der Waals surface area contributed by atoms with Crippen molar-refractivity contribution in [2.45, 2.75) is 46.6 Å². The van der Waals surface area contributed by atoms with Gasteiger partial charge in [0.25, 0.3) is 0 Å².